The van der Waals surface area contributed by atoms with E-state index in [9.17, 15) is 21.9 Å². The van der Waals surface area contributed by atoms with E-state index in [-0.39, 0.29) is 55.6 Å². The summed E-state index contributed by atoms with van der Waals surface area (Å²) in [6.45, 7) is 7.15. The van der Waals surface area contributed by atoms with Gasteiger partial charge in [0.05, 0.1) is 47.4 Å². The Balaban J connectivity index is 1.76. The fourth-order valence-electron chi connectivity index (χ4n) is 4.98. The molecule has 3 N–H and O–H groups in total. The summed E-state index contributed by atoms with van der Waals surface area (Å²) in [5.74, 6) is 0.0185. The van der Waals surface area contributed by atoms with E-state index < -0.39 is 19.7 Å². The number of methoxy groups -OCH3 is 2. The van der Waals surface area contributed by atoms with Gasteiger partial charge in [-0.05, 0) is 79.6 Å². The van der Waals surface area contributed by atoms with E-state index >= 15 is 0 Å². The first-order valence-electron chi connectivity index (χ1n) is 14.5. The van der Waals surface area contributed by atoms with Gasteiger partial charge in [-0.2, -0.15) is 5.11 Å². The number of phenolic OH excluding ortho intramolecular Hbond substituents is 1. The van der Waals surface area contributed by atoms with Crippen LogP contribution in [-0.4, -0.2) is 47.7 Å². The van der Waals surface area contributed by atoms with Crippen LogP contribution in [0.1, 0.15) is 37.8 Å². The zero-order valence-corrected chi connectivity index (χ0v) is 28.2. The number of hydrogen-bond acceptors (Lipinski definition) is 12. The topological polar surface area (TPSA) is 182 Å². The lowest BCUT2D eigenvalue weighted by atomic mass is 9.99. The lowest BCUT2D eigenvalue weighted by molar-refractivity contribution is 0.393. The second-order valence-corrected chi connectivity index (χ2v) is 14.8. The molecule has 14 heteroatoms. The number of ether oxygens (including phenoxy) is 2. The molecule has 0 unspecified atom stereocenters. The summed E-state index contributed by atoms with van der Waals surface area (Å²) >= 11 is 0. The summed E-state index contributed by atoms with van der Waals surface area (Å²) in [7, 11) is -4.24. The highest BCUT2D eigenvalue weighted by Gasteiger charge is 2.23. The predicted octanol–water partition coefficient (Wildman–Crippen LogP) is 7.96. The van der Waals surface area contributed by atoms with Crippen molar-refractivity contribution in [1.29, 1.82) is 0 Å². The van der Waals surface area contributed by atoms with Gasteiger partial charge in [-0.25, -0.2) is 16.8 Å². The molecule has 0 aromatic heterocycles. The number of sulfone groups is 2. The van der Waals surface area contributed by atoms with Gasteiger partial charge in [0, 0.05) is 12.1 Å². The maximum atomic E-state index is 12.8. The number of aryl methyl sites for hydroxylation is 2. The Morgan fingerprint density at radius 2 is 1.30 bits per heavy atom. The molecular weight excluding hydrogens is 631 g/mol. The van der Waals surface area contributed by atoms with Gasteiger partial charge in [-0.1, -0.05) is 13.8 Å². The Morgan fingerprint density at radius 3 is 1.89 bits per heavy atom. The summed E-state index contributed by atoms with van der Waals surface area (Å²) < 4.78 is 61.0. The molecule has 4 aromatic carbocycles. The summed E-state index contributed by atoms with van der Waals surface area (Å²) in [5.41, 5.74) is 9.09. The minimum atomic E-state index is -3.62. The van der Waals surface area contributed by atoms with Crippen molar-refractivity contribution in [2.24, 2.45) is 20.5 Å². The minimum Gasteiger partial charge on any atom is -0.505 e. The molecular formula is C32H37N5O7S2. The highest BCUT2D eigenvalue weighted by Crippen LogP contribution is 2.46. The van der Waals surface area contributed by atoms with Gasteiger partial charge in [0.1, 0.15) is 33.5 Å². The molecule has 0 aliphatic carbocycles. The molecule has 0 radical (unpaired) electrons. The zero-order valence-electron chi connectivity index (χ0n) is 26.5. The number of nitrogens with zero attached hydrogens (tertiary/aromatic N) is 4. The van der Waals surface area contributed by atoms with Crippen LogP contribution >= 0.6 is 0 Å². The quantitative estimate of drug-likeness (QED) is 0.113. The third-order valence-electron chi connectivity index (χ3n) is 7.23. The Hall–Kier alpha value is -4.56. The molecule has 0 saturated heterocycles. The zero-order chi connectivity index (χ0) is 33.8. The molecule has 0 atom stereocenters. The van der Waals surface area contributed by atoms with E-state index in [2.05, 4.69) is 20.5 Å². The second-order valence-electron chi connectivity index (χ2n) is 10.7. The molecule has 12 nitrogen and oxygen atoms in total. The molecule has 4 rings (SSSR count). The second kappa shape index (κ2) is 13.8. The fraction of sp³-hybridized carbons (Fsp3) is 0.312. The summed E-state index contributed by atoms with van der Waals surface area (Å²) in [4.78, 5) is 0.199. The van der Waals surface area contributed by atoms with Crippen molar-refractivity contribution in [3.05, 3.63) is 59.7 Å². The maximum Gasteiger partial charge on any atom is 0.182 e. The number of azo groups is 2. The van der Waals surface area contributed by atoms with Crippen LogP contribution in [0.25, 0.3) is 10.8 Å². The van der Waals surface area contributed by atoms with E-state index in [1.807, 2.05) is 13.0 Å². The Morgan fingerprint density at radius 1 is 0.739 bits per heavy atom. The van der Waals surface area contributed by atoms with Crippen molar-refractivity contribution in [3.63, 3.8) is 0 Å². The number of aromatic hydroxyl groups is 1. The van der Waals surface area contributed by atoms with E-state index in [1.54, 1.807) is 39.0 Å². The average Bonchev–Trinajstić information content (AvgIpc) is 3.00. The van der Waals surface area contributed by atoms with E-state index in [1.165, 1.54) is 38.5 Å². The monoisotopic (exact) mass is 667 g/mol. The summed E-state index contributed by atoms with van der Waals surface area (Å²) in [5, 5.41) is 29.5. The van der Waals surface area contributed by atoms with E-state index in [0.717, 1.165) is 0 Å². The van der Waals surface area contributed by atoms with Crippen molar-refractivity contribution < 1.29 is 31.4 Å². The molecule has 0 fully saturated rings. The first kappa shape index (κ1) is 34.3. The lowest BCUT2D eigenvalue weighted by Crippen LogP contribution is -2.08. The van der Waals surface area contributed by atoms with Crippen LogP contribution in [0.3, 0.4) is 0 Å². The Labute approximate surface area is 268 Å². The third-order valence-corrected chi connectivity index (χ3v) is 11.1. The number of fused-ring (bicyclic) bond motifs is 1. The molecule has 4 aromatic rings. The number of rotatable bonds is 12. The molecule has 46 heavy (non-hydrogen) atoms. The smallest absolute Gasteiger partial charge is 0.182 e. The van der Waals surface area contributed by atoms with Crippen LogP contribution in [0.5, 0.6) is 17.2 Å². The third kappa shape index (κ3) is 6.97. The fourth-order valence-corrected chi connectivity index (χ4v) is 7.79. The van der Waals surface area contributed by atoms with Gasteiger partial charge in [-0.3, -0.25) is 0 Å². The standard InChI is InChI=1S/C32H37N5O7S2/c1-7-13-45(39,40)23-11-9-22(10-12-23)34-36-30-19(3)15-21-16-20(4)31(32(38)28(21)29(30)33)37-35-24-17-26(44-6)27(18-25(24)43-5)46(41,42)14-8-2/h9-12,15-18,38H,7-8,13-14,33H2,1-6H3. The molecule has 0 saturated carbocycles. The van der Waals surface area contributed by atoms with Gasteiger partial charge in [0.2, 0.25) is 0 Å². The average molecular weight is 668 g/mol. The van der Waals surface area contributed by atoms with Crippen molar-refractivity contribution >= 4 is 58.9 Å². The largest absolute Gasteiger partial charge is 0.505 e. The molecule has 0 heterocycles. The highest BCUT2D eigenvalue weighted by molar-refractivity contribution is 7.91. The lowest BCUT2D eigenvalue weighted by Gasteiger charge is -2.14. The SMILES string of the molecule is CCCS(=O)(=O)c1ccc(N=Nc2c(C)cc3cc(C)c(N=Nc4cc(OC)c(S(=O)(=O)CCC)cc4OC)c(O)c3c2N)cc1. The molecule has 0 aliphatic rings. The number of nitrogens with two attached hydrogens (primary N) is 1. The molecule has 0 aliphatic heterocycles. The van der Waals surface area contributed by atoms with Crippen LogP contribution in [0.4, 0.5) is 28.4 Å². The van der Waals surface area contributed by atoms with Gasteiger partial charge < -0.3 is 20.3 Å². The van der Waals surface area contributed by atoms with Gasteiger partial charge >= 0.3 is 0 Å². The van der Waals surface area contributed by atoms with Crippen molar-refractivity contribution in [2.45, 2.75) is 50.3 Å². The van der Waals surface area contributed by atoms with Gasteiger partial charge in [0.15, 0.2) is 25.4 Å². The van der Waals surface area contributed by atoms with Crippen LogP contribution in [0.15, 0.2) is 78.8 Å². The minimum absolute atomic E-state index is 0.0142. The maximum absolute atomic E-state index is 12.8. The molecule has 244 valence electrons. The molecule has 0 bridgehead atoms. The van der Waals surface area contributed by atoms with Crippen molar-refractivity contribution in [1.82, 2.24) is 0 Å². The number of benzene rings is 4. The number of hydrogen-bond donors (Lipinski definition) is 2. The van der Waals surface area contributed by atoms with E-state index in [0.29, 0.717) is 46.1 Å². The summed E-state index contributed by atoms with van der Waals surface area (Å²) in [6.07, 6.45) is 0.946. The summed E-state index contributed by atoms with van der Waals surface area (Å²) in [6, 6.07) is 12.5. The van der Waals surface area contributed by atoms with Crippen LogP contribution in [-0.2, 0) is 19.7 Å². The first-order valence-corrected chi connectivity index (χ1v) is 17.8. The molecule has 0 spiro atoms. The predicted molar refractivity (Wildman–Crippen MR) is 179 cm³/mol. The van der Waals surface area contributed by atoms with E-state index in [4.69, 9.17) is 15.2 Å². The number of phenols is 1. The first-order chi connectivity index (χ1) is 21.8. The van der Waals surface area contributed by atoms with Crippen LogP contribution in [0.2, 0.25) is 0 Å². The normalized spacial score (nSPS) is 12.4. The van der Waals surface area contributed by atoms with Crippen molar-refractivity contribution in [3.8, 4) is 17.2 Å². The molecule has 0 amide bonds. The van der Waals surface area contributed by atoms with Gasteiger partial charge in [-0.15, -0.1) is 15.3 Å². The van der Waals surface area contributed by atoms with Crippen LogP contribution in [0, 0.1) is 13.8 Å². The van der Waals surface area contributed by atoms with Crippen LogP contribution < -0.4 is 15.2 Å². The van der Waals surface area contributed by atoms with Crippen molar-refractivity contribution in [2.75, 3.05) is 31.5 Å². The Bertz CT molecular complexity index is 2060. The highest BCUT2D eigenvalue weighted by atomic mass is 32.2. The number of nitrogen functional groups attached to an aromatic ring is 1. The van der Waals surface area contributed by atoms with Gasteiger partial charge in [0.25, 0.3) is 0 Å². The Kier molecular flexibility index (Phi) is 10.3. The number of anilines is 1.